The highest BCUT2D eigenvalue weighted by Gasteiger charge is 2.26. The van der Waals surface area contributed by atoms with Gasteiger partial charge in [-0.2, -0.15) is 0 Å². The number of alkyl halides is 1. The molecule has 1 aromatic carbocycles. The van der Waals surface area contributed by atoms with Crippen LogP contribution >= 0.6 is 15.9 Å². The van der Waals surface area contributed by atoms with Gasteiger partial charge in [0.05, 0.1) is 0 Å². The Kier molecular flexibility index (Phi) is 2.89. The van der Waals surface area contributed by atoms with Crippen molar-refractivity contribution in [3.8, 4) is 0 Å². The summed E-state index contributed by atoms with van der Waals surface area (Å²) in [5.41, 5.74) is 4.13. The molecule has 1 aliphatic rings. The Morgan fingerprint density at radius 3 is 2.67 bits per heavy atom. The zero-order valence-electron chi connectivity index (χ0n) is 9.40. The maximum Gasteiger partial charge on any atom is 0.129 e. The summed E-state index contributed by atoms with van der Waals surface area (Å²) in [4.78, 5) is 0.332. The molecule has 1 aromatic rings. The molecule has 0 heterocycles. The van der Waals surface area contributed by atoms with Crippen molar-refractivity contribution in [2.75, 3.05) is 0 Å². The highest BCUT2D eigenvalue weighted by Crippen LogP contribution is 2.44. The summed E-state index contributed by atoms with van der Waals surface area (Å²) in [7, 11) is 0. The van der Waals surface area contributed by atoms with Crippen LogP contribution in [0.5, 0.6) is 0 Å². The monoisotopic (exact) mass is 270 g/mol. The molecule has 2 heteroatoms. The smallest absolute Gasteiger partial charge is 0.129 e. The van der Waals surface area contributed by atoms with Crippen LogP contribution < -0.4 is 0 Å². The van der Waals surface area contributed by atoms with Gasteiger partial charge in [-0.3, -0.25) is 0 Å². The zero-order valence-corrected chi connectivity index (χ0v) is 11.0. The van der Waals surface area contributed by atoms with Gasteiger partial charge in [-0.15, -0.1) is 0 Å². The molecular weight excluding hydrogens is 255 g/mol. The standard InChI is InChI=1S/C13H16BrF/c1-7-4-5-11(14)12-9(3)13(15)8(2)6-10(7)12/h6-7,11H,4-5H2,1-3H3. The van der Waals surface area contributed by atoms with E-state index in [1.165, 1.54) is 17.5 Å². The summed E-state index contributed by atoms with van der Waals surface area (Å²) < 4.78 is 13.8. The Hall–Kier alpha value is -0.370. The maximum atomic E-state index is 13.8. The highest BCUT2D eigenvalue weighted by molar-refractivity contribution is 9.09. The lowest BCUT2D eigenvalue weighted by Gasteiger charge is -2.29. The van der Waals surface area contributed by atoms with E-state index < -0.39 is 0 Å². The number of aryl methyl sites for hydroxylation is 1. The molecule has 2 rings (SSSR count). The predicted molar refractivity (Wildman–Crippen MR) is 65.2 cm³/mol. The average molecular weight is 271 g/mol. The lowest BCUT2D eigenvalue weighted by molar-refractivity contribution is 0.562. The number of rotatable bonds is 0. The Morgan fingerprint density at radius 1 is 1.33 bits per heavy atom. The molecule has 0 fully saturated rings. The second kappa shape index (κ2) is 3.89. The number of benzene rings is 1. The Balaban J connectivity index is 2.68. The van der Waals surface area contributed by atoms with Crippen LogP contribution in [0.4, 0.5) is 4.39 Å². The molecule has 0 radical (unpaired) electrons. The van der Waals surface area contributed by atoms with Gasteiger partial charge in [0, 0.05) is 4.83 Å². The van der Waals surface area contributed by atoms with Crippen LogP contribution in [0.2, 0.25) is 0 Å². The van der Waals surface area contributed by atoms with Crippen molar-refractivity contribution in [1.29, 1.82) is 0 Å². The van der Waals surface area contributed by atoms with E-state index in [0.29, 0.717) is 10.7 Å². The van der Waals surface area contributed by atoms with E-state index in [0.717, 1.165) is 17.5 Å². The largest absolute Gasteiger partial charge is 0.206 e. The molecule has 1 aliphatic carbocycles. The van der Waals surface area contributed by atoms with Gasteiger partial charge < -0.3 is 0 Å². The van der Waals surface area contributed by atoms with Gasteiger partial charge in [0.1, 0.15) is 5.82 Å². The molecule has 0 saturated heterocycles. The van der Waals surface area contributed by atoms with Crippen LogP contribution in [-0.4, -0.2) is 0 Å². The minimum Gasteiger partial charge on any atom is -0.206 e. The van der Waals surface area contributed by atoms with Gasteiger partial charge in [-0.25, -0.2) is 4.39 Å². The summed E-state index contributed by atoms with van der Waals surface area (Å²) in [5, 5.41) is 0. The molecule has 2 atom stereocenters. The summed E-state index contributed by atoms with van der Waals surface area (Å²) in [5.74, 6) is 0.527. The number of fused-ring (bicyclic) bond motifs is 1. The third-order valence-electron chi connectivity index (χ3n) is 3.46. The van der Waals surface area contributed by atoms with Crippen molar-refractivity contribution in [2.45, 2.75) is 44.4 Å². The SMILES string of the molecule is Cc1cc2c(c(C)c1F)C(Br)CCC2C. The minimum atomic E-state index is -0.0349. The van der Waals surface area contributed by atoms with Gasteiger partial charge in [0.2, 0.25) is 0 Å². The van der Waals surface area contributed by atoms with Gasteiger partial charge in [0.15, 0.2) is 0 Å². The van der Waals surface area contributed by atoms with E-state index in [-0.39, 0.29) is 5.82 Å². The Labute approximate surface area is 99.0 Å². The van der Waals surface area contributed by atoms with Gasteiger partial charge >= 0.3 is 0 Å². The lowest BCUT2D eigenvalue weighted by atomic mass is 9.81. The van der Waals surface area contributed by atoms with Crippen molar-refractivity contribution < 1.29 is 4.39 Å². The van der Waals surface area contributed by atoms with Crippen LogP contribution in [0.3, 0.4) is 0 Å². The summed E-state index contributed by atoms with van der Waals surface area (Å²) in [6, 6.07) is 2.02. The fourth-order valence-electron chi connectivity index (χ4n) is 2.52. The van der Waals surface area contributed by atoms with Crippen molar-refractivity contribution in [1.82, 2.24) is 0 Å². The van der Waals surface area contributed by atoms with Crippen molar-refractivity contribution in [3.05, 3.63) is 34.1 Å². The molecule has 0 N–H and O–H groups in total. The zero-order chi connectivity index (χ0) is 11.2. The van der Waals surface area contributed by atoms with Crippen LogP contribution in [0.25, 0.3) is 0 Å². The van der Waals surface area contributed by atoms with Crippen LogP contribution in [0.15, 0.2) is 6.07 Å². The summed E-state index contributed by atoms with van der Waals surface area (Å²) in [6.45, 7) is 5.98. The molecular formula is C13H16BrF. The molecule has 0 aromatic heterocycles. The number of hydrogen-bond acceptors (Lipinski definition) is 0. The lowest BCUT2D eigenvalue weighted by Crippen LogP contribution is -2.12. The van der Waals surface area contributed by atoms with E-state index >= 15 is 0 Å². The van der Waals surface area contributed by atoms with E-state index in [9.17, 15) is 4.39 Å². The summed E-state index contributed by atoms with van der Waals surface area (Å²) in [6.07, 6.45) is 2.30. The second-order valence-electron chi connectivity index (χ2n) is 4.58. The fraction of sp³-hybridized carbons (Fsp3) is 0.538. The summed E-state index contributed by atoms with van der Waals surface area (Å²) >= 11 is 3.66. The van der Waals surface area contributed by atoms with E-state index in [4.69, 9.17) is 0 Å². The molecule has 0 amide bonds. The second-order valence-corrected chi connectivity index (χ2v) is 5.69. The highest BCUT2D eigenvalue weighted by atomic mass is 79.9. The Bertz CT molecular complexity index is 398. The van der Waals surface area contributed by atoms with Gasteiger partial charge in [-0.05, 0) is 54.9 Å². The fourth-order valence-corrected chi connectivity index (χ4v) is 3.40. The Morgan fingerprint density at radius 2 is 2.00 bits per heavy atom. The first-order valence-electron chi connectivity index (χ1n) is 5.46. The molecule has 2 unspecified atom stereocenters. The quantitative estimate of drug-likeness (QED) is 0.596. The normalized spacial score (nSPS) is 25.1. The van der Waals surface area contributed by atoms with Crippen LogP contribution in [0.1, 0.15) is 52.8 Å². The van der Waals surface area contributed by atoms with Crippen molar-refractivity contribution >= 4 is 15.9 Å². The topological polar surface area (TPSA) is 0 Å². The third kappa shape index (κ3) is 1.73. The molecule has 0 aliphatic heterocycles. The first-order valence-corrected chi connectivity index (χ1v) is 6.37. The van der Waals surface area contributed by atoms with Crippen molar-refractivity contribution in [3.63, 3.8) is 0 Å². The number of halogens is 2. The van der Waals surface area contributed by atoms with Crippen LogP contribution in [-0.2, 0) is 0 Å². The molecule has 0 nitrogen and oxygen atoms in total. The first kappa shape index (κ1) is 11.1. The molecule has 0 bridgehead atoms. The first-order chi connectivity index (χ1) is 7.02. The molecule has 0 spiro atoms. The van der Waals surface area contributed by atoms with E-state index in [2.05, 4.69) is 22.9 Å². The molecule has 0 saturated carbocycles. The van der Waals surface area contributed by atoms with E-state index in [1.54, 1.807) is 0 Å². The third-order valence-corrected chi connectivity index (χ3v) is 4.38. The van der Waals surface area contributed by atoms with Gasteiger partial charge in [-0.1, -0.05) is 28.9 Å². The van der Waals surface area contributed by atoms with E-state index in [1.807, 2.05) is 19.9 Å². The maximum absolute atomic E-state index is 13.8. The minimum absolute atomic E-state index is 0.0349. The molecule has 82 valence electrons. The predicted octanol–water partition coefficient (Wildman–Crippen LogP) is 4.78. The van der Waals surface area contributed by atoms with Crippen molar-refractivity contribution in [2.24, 2.45) is 0 Å². The average Bonchev–Trinajstić information content (AvgIpc) is 2.20. The number of hydrogen-bond donors (Lipinski definition) is 0. The van der Waals surface area contributed by atoms with Gasteiger partial charge in [0.25, 0.3) is 0 Å². The molecule has 15 heavy (non-hydrogen) atoms. The van der Waals surface area contributed by atoms with Crippen LogP contribution in [0, 0.1) is 19.7 Å².